The van der Waals surface area contributed by atoms with Gasteiger partial charge in [0.15, 0.2) is 0 Å². The fourth-order valence-corrected chi connectivity index (χ4v) is 2.95. The van der Waals surface area contributed by atoms with Gasteiger partial charge in [-0.15, -0.1) is 0 Å². The predicted octanol–water partition coefficient (Wildman–Crippen LogP) is 4.33. The van der Waals surface area contributed by atoms with Gasteiger partial charge in [-0.2, -0.15) is 0 Å². The Hall–Kier alpha value is -1.87. The average molecular weight is 255 g/mol. The second kappa shape index (κ2) is 4.78. The smallest absolute Gasteiger partial charge is 0.119 e. The fourth-order valence-electron chi connectivity index (χ4n) is 1.94. The Morgan fingerprint density at radius 3 is 2.83 bits per heavy atom. The van der Waals surface area contributed by atoms with Crippen LogP contribution in [-0.4, -0.2) is 12.1 Å². The van der Waals surface area contributed by atoms with Crippen molar-refractivity contribution in [3.05, 3.63) is 54.7 Å². The lowest BCUT2D eigenvalue weighted by Gasteiger charge is -2.05. The Kier molecular flexibility index (Phi) is 2.99. The molecule has 3 heteroatoms. The summed E-state index contributed by atoms with van der Waals surface area (Å²) >= 11 is 1.75. The first-order valence-corrected chi connectivity index (χ1v) is 6.56. The van der Waals surface area contributed by atoms with Crippen LogP contribution in [0.4, 0.5) is 0 Å². The number of benzene rings is 2. The molecule has 0 radical (unpaired) electrons. The molecule has 0 aliphatic carbocycles. The molecule has 0 fully saturated rings. The maximum absolute atomic E-state index is 5.25. The molecule has 0 aliphatic heterocycles. The molecular formula is C15H13NOS. The zero-order valence-electron chi connectivity index (χ0n) is 10.0. The van der Waals surface area contributed by atoms with Crippen molar-refractivity contribution in [3.8, 4) is 5.75 Å². The summed E-state index contributed by atoms with van der Waals surface area (Å²) in [4.78, 5) is 5.67. The molecule has 1 heterocycles. The zero-order chi connectivity index (χ0) is 12.4. The molecule has 90 valence electrons. The number of aromatic amines is 1. The van der Waals surface area contributed by atoms with Gasteiger partial charge in [-0.05, 0) is 36.4 Å². The van der Waals surface area contributed by atoms with Crippen molar-refractivity contribution in [2.75, 3.05) is 7.11 Å². The lowest BCUT2D eigenvalue weighted by Crippen LogP contribution is -1.82. The molecule has 3 rings (SSSR count). The molecular weight excluding hydrogens is 242 g/mol. The summed E-state index contributed by atoms with van der Waals surface area (Å²) < 4.78 is 5.25. The minimum Gasteiger partial charge on any atom is -0.497 e. The first-order valence-electron chi connectivity index (χ1n) is 5.75. The lowest BCUT2D eigenvalue weighted by atomic mass is 10.2. The van der Waals surface area contributed by atoms with Crippen LogP contribution in [0.3, 0.4) is 0 Å². The van der Waals surface area contributed by atoms with E-state index in [1.165, 1.54) is 20.7 Å². The van der Waals surface area contributed by atoms with Crippen LogP contribution in [0, 0.1) is 0 Å². The summed E-state index contributed by atoms with van der Waals surface area (Å²) in [6, 6.07) is 16.5. The Morgan fingerprint density at radius 1 is 1.06 bits per heavy atom. The summed E-state index contributed by atoms with van der Waals surface area (Å²) in [5.41, 5.74) is 1.17. The molecule has 0 saturated heterocycles. The number of fused-ring (bicyclic) bond motifs is 1. The van der Waals surface area contributed by atoms with Crippen LogP contribution in [0.15, 0.2) is 64.5 Å². The lowest BCUT2D eigenvalue weighted by molar-refractivity contribution is 0.413. The zero-order valence-corrected chi connectivity index (χ0v) is 10.8. The van der Waals surface area contributed by atoms with Crippen molar-refractivity contribution in [2.45, 2.75) is 9.79 Å². The first kappa shape index (κ1) is 11.2. The minimum absolute atomic E-state index is 0.890. The summed E-state index contributed by atoms with van der Waals surface area (Å²) in [5, 5.41) is 1.25. The van der Waals surface area contributed by atoms with E-state index in [1.807, 2.05) is 18.3 Å². The van der Waals surface area contributed by atoms with Crippen LogP contribution in [0.2, 0.25) is 0 Å². The average Bonchev–Trinajstić information content (AvgIpc) is 2.88. The van der Waals surface area contributed by atoms with Crippen LogP contribution < -0.4 is 4.74 Å². The number of ether oxygens (including phenoxy) is 1. The van der Waals surface area contributed by atoms with Crippen LogP contribution in [0.25, 0.3) is 10.9 Å². The fraction of sp³-hybridized carbons (Fsp3) is 0.0667. The second-order valence-electron chi connectivity index (χ2n) is 3.98. The number of aromatic nitrogens is 1. The van der Waals surface area contributed by atoms with E-state index in [2.05, 4.69) is 41.4 Å². The van der Waals surface area contributed by atoms with E-state index in [9.17, 15) is 0 Å². The Balaban J connectivity index is 1.98. The molecule has 0 unspecified atom stereocenters. The van der Waals surface area contributed by atoms with Crippen LogP contribution in [-0.2, 0) is 0 Å². The highest BCUT2D eigenvalue weighted by atomic mass is 32.2. The van der Waals surface area contributed by atoms with Gasteiger partial charge in [0.25, 0.3) is 0 Å². The Morgan fingerprint density at radius 2 is 1.94 bits per heavy atom. The summed E-state index contributed by atoms with van der Waals surface area (Å²) in [5.74, 6) is 0.890. The van der Waals surface area contributed by atoms with Gasteiger partial charge in [-0.25, -0.2) is 0 Å². The van der Waals surface area contributed by atoms with Crippen LogP contribution >= 0.6 is 11.8 Å². The number of H-pyrrole nitrogens is 1. The van der Waals surface area contributed by atoms with E-state index < -0.39 is 0 Å². The van der Waals surface area contributed by atoms with Crippen molar-refractivity contribution in [1.82, 2.24) is 4.98 Å². The number of hydrogen-bond acceptors (Lipinski definition) is 2. The van der Waals surface area contributed by atoms with Crippen molar-refractivity contribution in [2.24, 2.45) is 0 Å². The van der Waals surface area contributed by atoms with Gasteiger partial charge < -0.3 is 9.72 Å². The van der Waals surface area contributed by atoms with Gasteiger partial charge in [0.1, 0.15) is 5.75 Å². The highest BCUT2D eigenvalue weighted by Crippen LogP contribution is 2.34. The van der Waals surface area contributed by atoms with Gasteiger partial charge >= 0.3 is 0 Å². The van der Waals surface area contributed by atoms with Crippen molar-refractivity contribution in [1.29, 1.82) is 0 Å². The minimum atomic E-state index is 0.890. The molecule has 1 N–H and O–H groups in total. The molecule has 1 aromatic heterocycles. The van der Waals surface area contributed by atoms with Gasteiger partial charge in [0.05, 0.1) is 7.11 Å². The Labute approximate surface area is 110 Å². The van der Waals surface area contributed by atoms with E-state index in [0.29, 0.717) is 0 Å². The number of nitrogens with one attached hydrogen (secondary N) is 1. The standard InChI is InChI=1S/C15H13NOS/c1-17-11-4-2-5-12(10-11)18-15-7-3-6-14-13(15)8-9-16-14/h2-10,16H,1H3. The third-order valence-electron chi connectivity index (χ3n) is 2.82. The highest BCUT2D eigenvalue weighted by molar-refractivity contribution is 7.99. The van der Waals surface area contributed by atoms with Crippen LogP contribution in [0.5, 0.6) is 5.75 Å². The maximum Gasteiger partial charge on any atom is 0.119 e. The number of methoxy groups -OCH3 is 1. The summed E-state index contributed by atoms with van der Waals surface area (Å²) in [6.07, 6.45) is 1.97. The van der Waals surface area contributed by atoms with Crippen LogP contribution in [0.1, 0.15) is 0 Å². The van der Waals surface area contributed by atoms with Gasteiger partial charge in [0.2, 0.25) is 0 Å². The predicted molar refractivity (Wildman–Crippen MR) is 75.4 cm³/mol. The van der Waals surface area contributed by atoms with E-state index in [-0.39, 0.29) is 0 Å². The summed E-state index contributed by atoms with van der Waals surface area (Å²) in [6.45, 7) is 0. The molecule has 3 aromatic rings. The molecule has 2 nitrogen and oxygen atoms in total. The van der Waals surface area contributed by atoms with Gasteiger partial charge in [-0.3, -0.25) is 0 Å². The number of rotatable bonds is 3. The van der Waals surface area contributed by atoms with Crippen molar-refractivity contribution >= 4 is 22.7 Å². The summed E-state index contributed by atoms with van der Waals surface area (Å²) in [7, 11) is 1.69. The van der Waals surface area contributed by atoms with E-state index in [0.717, 1.165) is 5.75 Å². The molecule has 0 atom stereocenters. The largest absolute Gasteiger partial charge is 0.497 e. The van der Waals surface area contributed by atoms with Crippen molar-refractivity contribution < 1.29 is 4.74 Å². The quantitative estimate of drug-likeness (QED) is 0.753. The molecule has 18 heavy (non-hydrogen) atoms. The van der Waals surface area contributed by atoms with E-state index >= 15 is 0 Å². The third kappa shape index (κ3) is 2.09. The first-order chi connectivity index (χ1) is 8.86. The molecule has 0 amide bonds. The third-order valence-corrected chi connectivity index (χ3v) is 3.89. The van der Waals surface area contributed by atoms with Gasteiger partial charge in [0, 0.05) is 26.9 Å². The van der Waals surface area contributed by atoms with E-state index in [1.54, 1.807) is 18.9 Å². The molecule has 0 saturated carbocycles. The topological polar surface area (TPSA) is 25.0 Å². The van der Waals surface area contributed by atoms with Crippen molar-refractivity contribution in [3.63, 3.8) is 0 Å². The monoisotopic (exact) mass is 255 g/mol. The normalized spacial score (nSPS) is 10.7. The van der Waals surface area contributed by atoms with Gasteiger partial charge in [-0.1, -0.05) is 23.9 Å². The SMILES string of the molecule is COc1cccc(Sc2cccc3[nH]ccc23)c1. The molecule has 2 aromatic carbocycles. The second-order valence-corrected chi connectivity index (χ2v) is 5.09. The van der Waals surface area contributed by atoms with E-state index in [4.69, 9.17) is 4.74 Å². The molecule has 0 spiro atoms. The maximum atomic E-state index is 5.25. The number of hydrogen-bond donors (Lipinski definition) is 1. The molecule has 0 bridgehead atoms. The molecule has 0 aliphatic rings. The highest BCUT2D eigenvalue weighted by Gasteiger charge is 2.04. The Bertz CT molecular complexity index is 675.